The second-order valence-electron chi connectivity index (χ2n) is 11.8. The van der Waals surface area contributed by atoms with E-state index in [0.29, 0.717) is 48.5 Å². The minimum atomic E-state index is -0.618. The van der Waals surface area contributed by atoms with E-state index in [1.807, 2.05) is 58.0 Å². The van der Waals surface area contributed by atoms with Crippen LogP contribution in [0.5, 0.6) is 0 Å². The highest BCUT2D eigenvalue weighted by molar-refractivity contribution is 6.11. The van der Waals surface area contributed by atoms with Crippen LogP contribution in [0.1, 0.15) is 62.0 Å². The molecule has 3 N–H and O–H groups in total. The fraction of sp³-hybridized carbons (Fsp3) is 0.474. The first-order valence-corrected chi connectivity index (χ1v) is 17.6. The van der Waals surface area contributed by atoms with Crippen LogP contribution in [0.3, 0.4) is 0 Å². The molecule has 1 amide bonds. The maximum absolute atomic E-state index is 13.8. The van der Waals surface area contributed by atoms with Gasteiger partial charge >= 0.3 is 0 Å². The number of ether oxygens (including phenoxy) is 3. The molecule has 3 heterocycles. The normalized spacial score (nSPS) is 15.3. The summed E-state index contributed by atoms with van der Waals surface area (Å²) in [6, 6.07) is 15.2. The number of fused-ring (bicyclic) bond motifs is 1. The van der Waals surface area contributed by atoms with Crippen LogP contribution in [0.15, 0.2) is 54.6 Å². The number of nitrogens with zero attached hydrogens (tertiary/aromatic N) is 3. The Morgan fingerprint density at radius 2 is 1.60 bits per heavy atom. The van der Waals surface area contributed by atoms with Gasteiger partial charge in [-0.3, -0.25) is 14.8 Å². The molecule has 3 aromatic carbocycles. The number of carbonyl (C=O) groups excluding carboxylic acids is 1. The number of H-pyrrole nitrogens is 1. The van der Waals surface area contributed by atoms with Crippen LogP contribution < -0.4 is 15.5 Å². The standard InChI is InChI=1S/C34H40F2N6O4.2C2H6/c1-44-32(45-2)21-41-9-11-42(12-10-41)27-4-5-28(31(20-27)37-26-7-13-46-14-8-26)34(43)38-33-29-18-22(3-6-30(29)39-40-33)15-23-16-24(35)19-25(36)17-23;2*1-2/h3-6,16-20,26,32,37H,7-15,21H2,1-2H3,(H2,38,39,40,43);2*1-2H3. The van der Waals surface area contributed by atoms with Crippen LogP contribution in [-0.4, -0.2) is 93.5 Å². The van der Waals surface area contributed by atoms with Crippen LogP contribution in [0, 0.1) is 11.6 Å². The van der Waals surface area contributed by atoms with Gasteiger partial charge < -0.3 is 29.7 Å². The summed E-state index contributed by atoms with van der Waals surface area (Å²) < 4.78 is 43.8. The molecule has 10 nitrogen and oxygen atoms in total. The topological polar surface area (TPSA) is 104 Å². The van der Waals surface area contributed by atoms with Gasteiger partial charge in [0, 0.05) is 89.0 Å². The number of rotatable bonds is 11. The summed E-state index contributed by atoms with van der Waals surface area (Å²) in [4.78, 5) is 18.5. The van der Waals surface area contributed by atoms with E-state index in [1.54, 1.807) is 14.2 Å². The Morgan fingerprint density at radius 3 is 2.26 bits per heavy atom. The fourth-order valence-electron chi connectivity index (χ4n) is 6.14. The lowest BCUT2D eigenvalue weighted by Crippen LogP contribution is -2.49. The molecule has 0 unspecified atom stereocenters. The summed E-state index contributed by atoms with van der Waals surface area (Å²) in [6.45, 7) is 13.5. The smallest absolute Gasteiger partial charge is 0.258 e. The molecule has 1 aromatic heterocycles. The number of aromatic nitrogens is 2. The molecule has 6 rings (SSSR count). The Balaban J connectivity index is 0.00000136. The van der Waals surface area contributed by atoms with Gasteiger partial charge in [-0.05, 0) is 72.9 Å². The Hall–Kier alpha value is -4.10. The molecule has 4 aromatic rings. The van der Waals surface area contributed by atoms with Crippen LogP contribution in [-0.2, 0) is 20.6 Å². The quantitative estimate of drug-likeness (QED) is 0.143. The third-order valence-electron chi connectivity index (χ3n) is 8.69. The number of amides is 1. The van der Waals surface area contributed by atoms with Gasteiger partial charge in [0.1, 0.15) is 11.6 Å². The number of halogens is 2. The van der Waals surface area contributed by atoms with E-state index in [4.69, 9.17) is 14.2 Å². The summed E-state index contributed by atoms with van der Waals surface area (Å²) in [7, 11) is 3.30. The zero-order valence-electron chi connectivity index (χ0n) is 30.2. The number of hydrogen-bond acceptors (Lipinski definition) is 8. The Morgan fingerprint density at radius 1 is 0.920 bits per heavy atom. The average molecular weight is 695 g/mol. The number of piperazine rings is 1. The number of anilines is 3. The van der Waals surface area contributed by atoms with E-state index in [0.717, 1.165) is 67.5 Å². The molecule has 0 spiro atoms. The van der Waals surface area contributed by atoms with Gasteiger partial charge in [-0.15, -0.1) is 0 Å². The third kappa shape index (κ3) is 10.2. The van der Waals surface area contributed by atoms with Crippen molar-refractivity contribution in [3.8, 4) is 0 Å². The molecule has 0 radical (unpaired) electrons. The van der Waals surface area contributed by atoms with E-state index < -0.39 is 11.6 Å². The highest BCUT2D eigenvalue weighted by atomic mass is 19.1. The van der Waals surface area contributed by atoms with E-state index >= 15 is 0 Å². The molecule has 0 atom stereocenters. The van der Waals surface area contributed by atoms with E-state index in [9.17, 15) is 13.6 Å². The van der Waals surface area contributed by atoms with E-state index in [-0.39, 0.29) is 18.2 Å². The van der Waals surface area contributed by atoms with Crippen molar-refractivity contribution in [3.05, 3.63) is 82.9 Å². The first kappa shape index (κ1) is 38.7. The van der Waals surface area contributed by atoms with Crippen LogP contribution in [0.25, 0.3) is 10.9 Å². The number of methoxy groups -OCH3 is 2. The van der Waals surface area contributed by atoms with Gasteiger partial charge in [0.2, 0.25) is 0 Å². The summed E-state index contributed by atoms with van der Waals surface area (Å²) >= 11 is 0. The first-order valence-electron chi connectivity index (χ1n) is 17.6. The summed E-state index contributed by atoms with van der Waals surface area (Å²) in [5.74, 6) is -1.14. The minimum absolute atomic E-state index is 0.189. The number of benzene rings is 3. The molecule has 2 fully saturated rings. The van der Waals surface area contributed by atoms with Crippen molar-refractivity contribution < 1.29 is 27.8 Å². The van der Waals surface area contributed by atoms with Crippen molar-refractivity contribution in [2.45, 2.75) is 59.3 Å². The van der Waals surface area contributed by atoms with Gasteiger partial charge in [0.05, 0.1) is 11.1 Å². The summed E-state index contributed by atoms with van der Waals surface area (Å²) in [6.07, 6.45) is 1.78. The zero-order chi connectivity index (χ0) is 36.0. The van der Waals surface area contributed by atoms with Crippen molar-refractivity contribution in [1.29, 1.82) is 0 Å². The lowest BCUT2D eigenvalue weighted by molar-refractivity contribution is -0.116. The van der Waals surface area contributed by atoms with Gasteiger partial charge in [-0.2, -0.15) is 5.10 Å². The van der Waals surface area contributed by atoms with Crippen molar-refractivity contribution >= 4 is 34.0 Å². The lowest BCUT2D eigenvalue weighted by Gasteiger charge is -2.37. The highest BCUT2D eigenvalue weighted by Gasteiger charge is 2.24. The van der Waals surface area contributed by atoms with Crippen molar-refractivity contribution in [2.24, 2.45) is 0 Å². The van der Waals surface area contributed by atoms with Gasteiger partial charge in [0.15, 0.2) is 12.1 Å². The third-order valence-corrected chi connectivity index (χ3v) is 8.69. The number of nitrogens with one attached hydrogen (secondary N) is 3. The number of hydrogen-bond donors (Lipinski definition) is 3. The maximum Gasteiger partial charge on any atom is 0.258 e. The highest BCUT2D eigenvalue weighted by Crippen LogP contribution is 2.29. The van der Waals surface area contributed by atoms with Crippen LogP contribution in [0.4, 0.5) is 26.0 Å². The van der Waals surface area contributed by atoms with Gasteiger partial charge in [-0.1, -0.05) is 33.8 Å². The molecule has 0 bridgehead atoms. The number of carbonyl (C=O) groups is 1. The molecule has 2 aliphatic rings. The van der Waals surface area contributed by atoms with Crippen LogP contribution in [0.2, 0.25) is 0 Å². The SMILES string of the molecule is CC.CC.COC(CN1CCN(c2ccc(C(=O)Nc3n[nH]c4ccc(Cc5cc(F)cc(F)c5)cc34)c(NC3CCOCC3)c2)CC1)OC. The Kier molecular flexibility index (Phi) is 15.0. The molecule has 2 saturated heterocycles. The lowest BCUT2D eigenvalue weighted by atomic mass is 10.0. The fourth-order valence-corrected chi connectivity index (χ4v) is 6.14. The van der Waals surface area contributed by atoms with Crippen LogP contribution >= 0.6 is 0 Å². The molecule has 2 aliphatic heterocycles. The largest absolute Gasteiger partial charge is 0.381 e. The predicted octanol–water partition coefficient (Wildman–Crippen LogP) is 7.07. The predicted molar refractivity (Wildman–Crippen MR) is 196 cm³/mol. The minimum Gasteiger partial charge on any atom is -0.381 e. The molecule has 50 heavy (non-hydrogen) atoms. The van der Waals surface area contributed by atoms with E-state index in [1.165, 1.54) is 12.1 Å². The molecular weight excluding hydrogens is 642 g/mol. The molecular formula is C38H52F2N6O4. The van der Waals surface area contributed by atoms with Gasteiger partial charge in [0.25, 0.3) is 5.91 Å². The first-order chi connectivity index (χ1) is 24.4. The van der Waals surface area contributed by atoms with E-state index in [2.05, 4.69) is 36.7 Å². The summed E-state index contributed by atoms with van der Waals surface area (Å²) in [5.41, 5.74) is 4.41. The van der Waals surface area contributed by atoms with Crippen molar-refractivity contribution in [1.82, 2.24) is 15.1 Å². The number of aromatic amines is 1. The Bertz CT molecular complexity index is 1630. The maximum atomic E-state index is 13.8. The molecule has 12 heteroatoms. The second-order valence-corrected chi connectivity index (χ2v) is 11.8. The van der Waals surface area contributed by atoms with Gasteiger partial charge in [-0.25, -0.2) is 8.78 Å². The zero-order valence-corrected chi connectivity index (χ0v) is 30.2. The molecule has 0 saturated carbocycles. The summed E-state index contributed by atoms with van der Waals surface area (Å²) in [5, 5.41) is 14.7. The second kappa shape index (κ2) is 19.3. The van der Waals surface area contributed by atoms with Crippen molar-refractivity contribution in [3.63, 3.8) is 0 Å². The van der Waals surface area contributed by atoms with Crippen molar-refractivity contribution in [2.75, 3.05) is 75.7 Å². The molecule has 0 aliphatic carbocycles. The Labute approximate surface area is 294 Å². The average Bonchev–Trinajstić information content (AvgIpc) is 3.54. The monoisotopic (exact) mass is 694 g/mol. The molecule has 272 valence electrons.